The van der Waals surface area contributed by atoms with E-state index in [1.807, 2.05) is 0 Å². The lowest BCUT2D eigenvalue weighted by Gasteiger charge is -2.26. The minimum atomic E-state index is -3.45. The van der Waals surface area contributed by atoms with Crippen LogP contribution in [0.5, 0.6) is 0 Å². The number of carbonyl (C=O) groups excluding carboxylic acids is 2. The third kappa shape index (κ3) is 7.04. The highest BCUT2D eigenvalue weighted by Crippen LogP contribution is 2.23. The number of rotatable bonds is 8. The first kappa shape index (κ1) is 23.7. The molecule has 1 amide bonds. The van der Waals surface area contributed by atoms with Gasteiger partial charge >= 0.3 is 5.97 Å². The lowest BCUT2D eigenvalue weighted by Crippen LogP contribution is -2.39. The summed E-state index contributed by atoms with van der Waals surface area (Å²) in [6, 6.07) is 6.86. The molecule has 1 aromatic carbocycles. The van der Waals surface area contributed by atoms with E-state index in [-0.39, 0.29) is 29.9 Å². The first-order valence-corrected chi connectivity index (χ1v) is 12.8. The van der Waals surface area contributed by atoms with Gasteiger partial charge in [0.25, 0.3) is 5.91 Å². The van der Waals surface area contributed by atoms with Crippen LogP contribution in [0.4, 0.5) is 0 Å². The van der Waals surface area contributed by atoms with Gasteiger partial charge in [-0.2, -0.15) is 4.31 Å². The van der Waals surface area contributed by atoms with E-state index >= 15 is 0 Å². The van der Waals surface area contributed by atoms with Gasteiger partial charge in [-0.05, 0) is 68.6 Å². The normalized spacial score (nSPS) is 22.6. The monoisotopic (exact) mass is 450 g/mol. The molecular formula is C23H34N2O5S. The maximum absolute atomic E-state index is 12.7. The van der Waals surface area contributed by atoms with Crippen molar-refractivity contribution in [3.8, 4) is 0 Å². The molecule has 1 heterocycles. The van der Waals surface area contributed by atoms with E-state index in [1.165, 1.54) is 0 Å². The highest BCUT2D eigenvalue weighted by molar-refractivity contribution is 7.89. The summed E-state index contributed by atoms with van der Waals surface area (Å²) in [7, 11) is -3.45. The topological polar surface area (TPSA) is 92.8 Å². The minimum absolute atomic E-state index is 0.145. The second kappa shape index (κ2) is 11.1. The molecule has 1 N–H and O–H groups in total. The number of carbonyl (C=O) groups is 2. The second-order valence-corrected chi connectivity index (χ2v) is 10.7. The predicted molar refractivity (Wildman–Crippen MR) is 118 cm³/mol. The van der Waals surface area contributed by atoms with Crippen LogP contribution in [-0.4, -0.2) is 50.3 Å². The Morgan fingerprint density at radius 2 is 1.68 bits per heavy atom. The Hall–Kier alpha value is -1.93. The van der Waals surface area contributed by atoms with Crippen molar-refractivity contribution < 1.29 is 22.7 Å². The van der Waals surface area contributed by atoms with Crippen molar-refractivity contribution in [2.75, 3.05) is 19.7 Å². The summed E-state index contributed by atoms with van der Waals surface area (Å²) in [5, 5.41) is 2.94. The number of esters is 1. The lowest BCUT2D eigenvalue weighted by molar-refractivity contribution is -0.148. The number of hydrogen-bond donors (Lipinski definition) is 1. The zero-order valence-corrected chi connectivity index (χ0v) is 19.2. The molecule has 0 spiro atoms. The van der Waals surface area contributed by atoms with Gasteiger partial charge in [-0.3, -0.25) is 9.59 Å². The quantitative estimate of drug-likeness (QED) is 0.615. The van der Waals surface area contributed by atoms with Crippen LogP contribution < -0.4 is 5.32 Å². The molecule has 0 aromatic heterocycles. The molecule has 8 heteroatoms. The van der Waals surface area contributed by atoms with Crippen LogP contribution >= 0.6 is 0 Å². The average Bonchev–Trinajstić information content (AvgIpc) is 2.79. The second-order valence-electron chi connectivity index (χ2n) is 8.79. The van der Waals surface area contributed by atoms with Crippen LogP contribution in [0.2, 0.25) is 0 Å². The van der Waals surface area contributed by atoms with Crippen LogP contribution in [0.25, 0.3) is 0 Å². The number of sulfonamides is 1. The van der Waals surface area contributed by atoms with Crippen LogP contribution in [-0.2, 0) is 30.8 Å². The zero-order chi connectivity index (χ0) is 22.3. The summed E-state index contributed by atoms with van der Waals surface area (Å²) >= 11 is 0. The van der Waals surface area contributed by atoms with E-state index in [2.05, 4.69) is 12.2 Å². The third-order valence-electron chi connectivity index (χ3n) is 6.24. The highest BCUT2D eigenvalue weighted by Gasteiger charge is 2.25. The summed E-state index contributed by atoms with van der Waals surface area (Å²) in [6.07, 6.45) is 7.63. The van der Waals surface area contributed by atoms with Gasteiger partial charge in [0.05, 0.1) is 4.90 Å². The minimum Gasteiger partial charge on any atom is -0.456 e. The Morgan fingerprint density at radius 3 is 2.32 bits per heavy atom. The van der Waals surface area contributed by atoms with E-state index in [4.69, 9.17) is 4.74 Å². The summed E-state index contributed by atoms with van der Waals surface area (Å²) in [5.41, 5.74) is 0.857. The molecule has 0 atom stereocenters. The average molecular weight is 451 g/mol. The Morgan fingerprint density at radius 1 is 1.03 bits per heavy atom. The standard InChI is InChI=1S/C23H34N2O5S/c1-18-5-10-20(11-6-18)24-22(26)17-30-23(27)14-9-19-7-12-21(13-8-19)31(28,29)25-15-3-2-4-16-25/h7-8,12-13,18,20H,2-6,9-11,14-17H2,1H3,(H,24,26). The van der Waals surface area contributed by atoms with Gasteiger partial charge in [0.1, 0.15) is 0 Å². The summed E-state index contributed by atoms with van der Waals surface area (Å²) in [6.45, 7) is 3.12. The zero-order valence-electron chi connectivity index (χ0n) is 18.3. The smallest absolute Gasteiger partial charge is 0.306 e. The van der Waals surface area contributed by atoms with Crippen molar-refractivity contribution in [2.45, 2.75) is 75.6 Å². The van der Waals surface area contributed by atoms with Crippen LogP contribution in [0.1, 0.15) is 63.9 Å². The van der Waals surface area contributed by atoms with Crippen LogP contribution in [0.15, 0.2) is 29.2 Å². The number of ether oxygens (including phenoxy) is 1. The number of hydrogen-bond acceptors (Lipinski definition) is 5. The van der Waals surface area contributed by atoms with Gasteiger partial charge < -0.3 is 10.1 Å². The summed E-state index contributed by atoms with van der Waals surface area (Å²) in [4.78, 5) is 24.3. The Kier molecular flexibility index (Phi) is 8.49. The fourth-order valence-electron chi connectivity index (χ4n) is 4.22. The molecule has 1 saturated carbocycles. The number of nitrogens with zero attached hydrogens (tertiary/aromatic N) is 1. The SMILES string of the molecule is CC1CCC(NC(=O)COC(=O)CCc2ccc(S(=O)(=O)N3CCCCC3)cc2)CC1. The van der Waals surface area contributed by atoms with Gasteiger partial charge in [-0.15, -0.1) is 0 Å². The van der Waals surface area contributed by atoms with Gasteiger partial charge in [-0.1, -0.05) is 25.5 Å². The Balaban J connectivity index is 1.39. The van der Waals surface area contributed by atoms with E-state index in [0.717, 1.165) is 50.5 Å². The van der Waals surface area contributed by atoms with Crippen molar-refractivity contribution in [3.05, 3.63) is 29.8 Å². The van der Waals surface area contributed by atoms with E-state index in [1.54, 1.807) is 28.6 Å². The molecule has 3 rings (SSSR count). The van der Waals surface area contributed by atoms with E-state index in [0.29, 0.717) is 25.4 Å². The first-order valence-electron chi connectivity index (χ1n) is 11.4. The Labute approximate surface area is 185 Å². The summed E-state index contributed by atoms with van der Waals surface area (Å²) < 4.78 is 32.0. The molecule has 172 valence electrons. The molecule has 0 bridgehead atoms. The van der Waals surface area contributed by atoms with Crippen molar-refractivity contribution in [1.29, 1.82) is 0 Å². The molecule has 0 unspecified atom stereocenters. The molecule has 1 aliphatic heterocycles. The van der Waals surface area contributed by atoms with Crippen molar-refractivity contribution >= 4 is 21.9 Å². The maximum Gasteiger partial charge on any atom is 0.306 e. The molecule has 1 aromatic rings. The maximum atomic E-state index is 12.7. The number of nitrogens with one attached hydrogen (secondary N) is 1. The number of piperidine rings is 1. The predicted octanol–water partition coefficient (Wildman–Crippen LogP) is 3.03. The van der Waals surface area contributed by atoms with Crippen molar-refractivity contribution in [3.63, 3.8) is 0 Å². The van der Waals surface area contributed by atoms with Gasteiger partial charge in [0, 0.05) is 25.6 Å². The number of benzene rings is 1. The molecule has 0 radical (unpaired) electrons. The molecule has 7 nitrogen and oxygen atoms in total. The van der Waals surface area contributed by atoms with Gasteiger partial charge in [0.15, 0.2) is 6.61 Å². The van der Waals surface area contributed by atoms with Crippen LogP contribution in [0, 0.1) is 5.92 Å². The van der Waals surface area contributed by atoms with E-state index in [9.17, 15) is 18.0 Å². The fraction of sp³-hybridized carbons (Fsp3) is 0.652. The number of aryl methyl sites for hydroxylation is 1. The van der Waals surface area contributed by atoms with Crippen molar-refractivity contribution in [1.82, 2.24) is 9.62 Å². The highest BCUT2D eigenvalue weighted by atomic mass is 32.2. The fourth-order valence-corrected chi connectivity index (χ4v) is 5.74. The summed E-state index contributed by atoms with van der Waals surface area (Å²) in [5.74, 6) is 0.0301. The molecule has 31 heavy (non-hydrogen) atoms. The molecule has 1 saturated heterocycles. The molecule has 1 aliphatic carbocycles. The molecular weight excluding hydrogens is 416 g/mol. The van der Waals surface area contributed by atoms with Crippen molar-refractivity contribution in [2.24, 2.45) is 5.92 Å². The molecule has 2 fully saturated rings. The number of amides is 1. The third-order valence-corrected chi connectivity index (χ3v) is 8.15. The first-order chi connectivity index (χ1) is 14.8. The van der Waals surface area contributed by atoms with E-state index < -0.39 is 16.0 Å². The largest absolute Gasteiger partial charge is 0.456 e. The Bertz CT molecular complexity index is 839. The van der Waals surface area contributed by atoms with Gasteiger partial charge in [-0.25, -0.2) is 8.42 Å². The lowest BCUT2D eigenvalue weighted by atomic mass is 9.87. The molecule has 2 aliphatic rings. The van der Waals surface area contributed by atoms with Crippen LogP contribution in [0.3, 0.4) is 0 Å². The van der Waals surface area contributed by atoms with Gasteiger partial charge in [0.2, 0.25) is 10.0 Å².